The van der Waals surface area contributed by atoms with Crippen molar-refractivity contribution in [3.63, 3.8) is 0 Å². The van der Waals surface area contributed by atoms with Gasteiger partial charge in [-0.3, -0.25) is 0 Å². The van der Waals surface area contributed by atoms with Crippen molar-refractivity contribution >= 4 is 12.1 Å². The molecule has 168 valence electrons. The topological polar surface area (TPSA) is 85.5 Å². The zero-order chi connectivity index (χ0) is 21.1. The molecule has 0 spiro atoms. The number of nitrogens with one attached hydrogen (secondary N) is 4. The summed E-state index contributed by atoms with van der Waals surface area (Å²) in [5.74, 6) is 0.706. The lowest BCUT2D eigenvalue weighted by molar-refractivity contribution is 0.0459. The molecule has 1 aliphatic carbocycles. The molecule has 7 nitrogen and oxygen atoms in total. The molecule has 0 aromatic rings. The van der Waals surface area contributed by atoms with Crippen LogP contribution in [0.3, 0.4) is 0 Å². The summed E-state index contributed by atoms with van der Waals surface area (Å²) in [6.45, 7) is 3.62. The van der Waals surface area contributed by atoms with Crippen LogP contribution in [0.5, 0.6) is 0 Å². The van der Waals surface area contributed by atoms with Gasteiger partial charge in [-0.2, -0.15) is 0 Å². The Labute approximate surface area is 177 Å². The maximum atomic E-state index is 13.4. The molecule has 2 fully saturated rings. The standard InChI is InChI=1S/C22H43N5O2/c1-4-5-13-22(26-20(28)24-3)14-9-10-15-27(22)21(29)25-19(17-23-2)16-18-11-7-6-8-12-18/h18-19,23H,4-17H2,1-3H3,(H,25,29)(H2,24,26,28). The third-order valence-corrected chi connectivity index (χ3v) is 6.62. The number of unbranched alkanes of at least 4 members (excludes halogenated alkanes) is 1. The minimum atomic E-state index is -0.590. The molecule has 0 bridgehead atoms. The third-order valence-electron chi connectivity index (χ3n) is 6.62. The van der Waals surface area contributed by atoms with E-state index in [1.54, 1.807) is 7.05 Å². The Morgan fingerprint density at radius 2 is 1.86 bits per heavy atom. The molecule has 0 aromatic heterocycles. The summed E-state index contributed by atoms with van der Waals surface area (Å²) in [6.07, 6.45) is 13.2. The fourth-order valence-electron chi connectivity index (χ4n) is 5.05. The summed E-state index contributed by atoms with van der Waals surface area (Å²) < 4.78 is 0. The van der Waals surface area contributed by atoms with Crippen LogP contribution in [0, 0.1) is 5.92 Å². The minimum Gasteiger partial charge on any atom is -0.341 e. The molecular formula is C22H43N5O2. The number of piperidine rings is 1. The molecule has 2 unspecified atom stereocenters. The normalized spacial score (nSPS) is 24.0. The first-order valence-corrected chi connectivity index (χ1v) is 11.8. The molecule has 1 aliphatic heterocycles. The lowest BCUT2D eigenvalue weighted by atomic mass is 9.84. The summed E-state index contributed by atoms with van der Waals surface area (Å²) in [7, 11) is 3.57. The zero-order valence-electron chi connectivity index (χ0n) is 18.8. The van der Waals surface area contributed by atoms with E-state index in [4.69, 9.17) is 0 Å². The van der Waals surface area contributed by atoms with Crippen LogP contribution in [0.25, 0.3) is 0 Å². The molecule has 4 amide bonds. The summed E-state index contributed by atoms with van der Waals surface area (Å²) in [5.41, 5.74) is -0.590. The highest BCUT2D eigenvalue weighted by Crippen LogP contribution is 2.32. The number of urea groups is 2. The first kappa shape index (κ1) is 23.8. The molecule has 7 heteroatoms. The van der Waals surface area contributed by atoms with E-state index in [1.165, 1.54) is 32.1 Å². The first-order chi connectivity index (χ1) is 14.0. The SMILES string of the molecule is CCCCC1(NC(=O)NC)CCCCN1C(=O)NC(CNC)CC1CCCCC1. The zero-order valence-corrected chi connectivity index (χ0v) is 18.8. The third kappa shape index (κ3) is 7.05. The Balaban J connectivity index is 2.10. The van der Waals surface area contributed by atoms with Crippen molar-refractivity contribution in [1.29, 1.82) is 0 Å². The highest BCUT2D eigenvalue weighted by atomic mass is 16.2. The van der Waals surface area contributed by atoms with Crippen LogP contribution in [0.2, 0.25) is 0 Å². The van der Waals surface area contributed by atoms with Crippen molar-refractivity contribution in [3.8, 4) is 0 Å². The summed E-state index contributed by atoms with van der Waals surface area (Å²) >= 11 is 0. The average Bonchev–Trinajstić information content (AvgIpc) is 2.73. The van der Waals surface area contributed by atoms with Crippen LogP contribution in [-0.4, -0.2) is 55.9 Å². The van der Waals surface area contributed by atoms with Crippen molar-refractivity contribution in [2.75, 3.05) is 27.2 Å². The largest absolute Gasteiger partial charge is 0.341 e. The Kier molecular flexibility index (Phi) is 10.0. The lowest BCUT2D eigenvalue weighted by Gasteiger charge is -2.48. The number of carbonyl (C=O) groups is 2. The van der Waals surface area contributed by atoms with E-state index in [9.17, 15) is 9.59 Å². The number of nitrogens with zero attached hydrogens (tertiary/aromatic N) is 1. The lowest BCUT2D eigenvalue weighted by Crippen LogP contribution is -2.67. The second kappa shape index (κ2) is 12.3. The highest BCUT2D eigenvalue weighted by molar-refractivity contribution is 5.78. The summed E-state index contributed by atoms with van der Waals surface area (Å²) in [4.78, 5) is 27.5. The predicted octanol–water partition coefficient (Wildman–Crippen LogP) is 3.56. The van der Waals surface area contributed by atoms with Gasteiger partial charge in [0, 0.05) is 26.2 Å². The van der Waals surface area contributed by atoms with Crippen molar-refractivity contribution in [2.45, 2.75) is 95.7 Å². The van der Waals surface area contributed by atoms with Gasteiger partial charge in [0.1, 0.15) is 5.66 Å². The van der Waals surface area contributed by atoms with E-state index >= 15 is 0 Å². The quantitative estimate of drug-likeness (QED) is 0.470. The van der Waals surface area contributed by atoms with Gasteiger partial charge in [0.15, 0.2) is 0 Å². The monoisotopic (exact) mass is 409 g/mol. The maximum Gasteiger partial charge on any atom is 0.319 e. The first-order valence-electron chi connectivity index (χ1n) is 11.8. The Morgan fingerprint density at radius 1 is 1.10 bits per heavy atom. The molecule has 2 atom stereocenters. The van der Waals surface area contributed by atoms with Crippen LogP contribution < -0.4 is 21.3 Å². The Hall–Kier alpha value is -1.50. The molecule has 0 aromatic carbocycles. The number of hydrogen-bond donors (Lipinski definition) is 4. The van der Waals surface area contributed by atoms with Crippen molar-refractivity contribution < 1.29 is 9.59 Å². The minimum absolute atomic E-state index is 0.0340. The number of likely N-dealkylation sites (N-methyl/N-ethyl adjacent to an activating group) is 1. The van der Waals surface area contributed by atoms with Gasteiger partial charge in [0.2, 0.25) is 0 Å². The van der Waals surface area contributed by atoms with Gasteiger partial charge in [0.05, 0.1) is 0 Å². The van der Waals surface area contributed by atoms with Gasteiger partial charge in [-0.25, -0.2) is 9.59 Å². The second-order valence-electron chi connectivity index (χ2n) is 8.89. The fourth-order valence-corrected chi connectivity index (χ4v) is 5.05. The van der Waals surface area contributed by atoms with Crippen LogP contribution >= 0.6 is 0 Å². The number of rotatable bonds is 9. The van der Waals surface area contributed by atoms with Crippen molar-refractivity contribution in [2.24, 2.45) is 5.92 Å². The maximum absolute atomic E-state index is 13.4. The van der Waals surface area contributed by atoms with Crippen molar-refractivity contribution in [1.82, 2.24) is 26.2 Å². The number of amides is 4. The van der Waals surface area contributed by atoms with Crippen LogP contribution in [0.15, 0.2) is 0 Å². The van der Waals surface area contributed by atoms with Gasteiger partial charge in [-0.05, 0) is 51.5 Å². The Bertz CT molecular complexity index is 509. The molecule has 4 N–H and O–H groups in total. The van der Waals surface area contributed by atoms with Crippen molar-refractivity contribution in [3.05, 3.63) is 0 Å². The average molecular weight is 410 g/mol. The Morgan fingerprint density at radius 3 is 2.52 bits per heavy atom. The molecule has 2 aliphatic rings. The van der Waals surface area contributed by atoms with Gasteiger partial charge in [-0.1, -0.05) is 45.4 Å². The van der Waals surface area contributed by atoms with Gasteiger partial charge >= 0.3 is 12.1 Å². The number of likely N-dealkylation sites (tertiary alicyclic amines) is 1. The van der Waals surface area contributed by atoms with Crippen LogP contribution in [0.4, 0.5) is 9.59 Å². The van der Waals surface area contributed by atoms with Crippen LogP contribution in [0.1, 0.15) is 84.0 Å². The summed E-state index contributed by atoms with van der Waals surface area (Å²) in [5, 5.41) is 12.4. The predicted molar refractivity (Wildman–Crippen MR) is 118 cm³/mol. The van der Waals surface area contributed by atoms with E-state index < -0.39 is 5.66 Å². The molecule has 1 heterocycles. The number of carbonyl (C=O) groups excluding carboxylic acids is 2. The summed E-state index contributed by atoms with van der Waals surface area (Å²) in [6, 6.07) is -0.121. The number of hydrogen-bond acceptors (Lipinski definition) is 3. The molecule has 1 saturated heterocycles. The molecule has 29 heavy (non-hydrogen) atoms. The van der Waals surface area contributed by atoms with E-state index in [0.29, 0.717) is 12.5 Å². The van der Waals surface area contributed by atoms with E-state index in [1.807, 2.05) is 11.9 Å². The van der Waals surface area contributed by atoms with E-state index in [-0.39, 0.29) is 18.1 Å². The van der Waals surface area contributed by atoms with E-state index in [2.05, 4.69) is 28.2 Å². The van der Waals surface area contributed by atoms with Gasteiger partial charge in [0.25, 0.3) is 0 Å². The van der Waals surface area contributed by atoms with Crippen LogP contribution in [-0.2, 0) is 0 Å². The van der Waals surface area contributed by atoms with Gasteiger partial charge in [-0.15, -0.1) is 0 Å². The fraction of sp³-hybridized carbons (Fsp3) is 0.909. The molecule has 2 rings (SSSR count). The van der Waals surface area contributed by atoms with E-state index in [0.717, 1.165) is 51.5 Å². The molecule has 0 radical (unpaired) electrons. The molecular weight excluding hydrogens is 366 g/mol. The van der Waals surface area contributed by atoms with Gasteiger partial charge < -0.3 is 26.2 Å². The second-order valence-corrected chi connectivity index (χ2v) is 8.89. The highest BCUT2D eigenvalue weighted by Gasteiger charge is 2.42. The smallest absolute Gasteiger partial charge is 0.319 e. The molecule has 1 saturated carbocycles.